The van der Waals surface area contributed by atoms with E-state index in [-0.39, 0.29) is 28.1 Å². The number of thioether (sulfide) groups is 1. The summed E-state index contributed by atoms with van der Waals surface area (Å²) < 4.78 is 0. The van der Waals surface area contributed by atoms with Crippen LogP contribution in [0.5, 0.6) is 0 Å². The van der Waals surface area contributed by atoms with E-state index >= 15 is 0 Å². The molecule has 0 saturated heterocycles. The third-order valence-electron chi connectivity index (χ3n) is 5.50. The molecule has 1 aliphatic rings. The lowest BCUT2D eigenvalue weighted by molar-refractivity contribution is -0.142. The Balaban J connectivity index is 0.000000264. The van der Waals surface area contributed by atoms with Gasteiger partial charge in [0.25, 0.3) is 5.24 Å². The summed E-state index contributed by atoms with van der Waals surface area (Å²) in [4.78, 5) is 36.4. The van der Waals surface area contributed by atoms with Crippen LogP contribution in [0, 0.1) is 0 Å². The largest absolute Gasteiger partial charge is 0.479 e. The molecule has 1 atom stereocenters. The van der Waals surface area contributed by atoms with E-state index in [9.17, 15) is 19.5 Å². The van der Waals surface area contributed by atoms with Crippen molar-refractivity contribution in [3.8, 4) is 0 Å². The van der Waals surface area contributed by atoms with Gasteiger partial charge in [-0.15, -0.1) is 0 Å². The van der Waals surface area contributed by atoms with E-state index in [2.05, 4.69) is 31.1 Å². The molecule has 8 nitrogen and oxygen atoms in total. The van der Waals surface area contributed by atoms with E-state index < -0.39 is 17.5 Å². The summed E-state index contributed by atoms with van der Waals surface area (Å²) in [5, 5.41) is 24.1. The average Bonchev–Trinajstić information content (AvgIpc) is 3.22. The lowest BCUT2D eigenvalue weighted by atomic mass is 9.95. The van der Waals surface area contributed by atoms with Gasteiger partial charge in [0.05, 0.1) is 10.7 Å². The summed E-state index contributed by atoms with van der Waals surface area (Å²) in [6.45, 7) is 7.35. The number of anilines is 1. The van der Waals surface area contributed by atoms with Gasteiger partial charge in [-0.3, -0.25) is 4.79 Å². The lowest BCUT2D eigenvalue weighted by Gasteiger charge is -2.30. The van der Waals surface area contributed by atoms with Gasteiger partial charge in [0.2, 0.25) is 0 Å². The number of halogens is 2. The van der Waals surface area contributed by atoms with Crippen LogP contribution in [-0.4, -0.2) is 56.6 Å². The van der Waals surface area contributed by atoms with Crippen LogP contribution in [0.25, 0.3) is 0 Å². The molecule has 3 rings (SSSR count). The third kappa shape index (κ3) is 8.38. The quantitative estimate of drug-likeness (QED) is 0.349. The number of carboxylic acid groups (broad SMARTS) is 2. The minimum Gasteiger partial charge on any atom is -0.479 e. The molecule has 2 aromatic carbocycles. The molecule has 0 bridgehead atoms. The maximum absolute atomic E-state index is 12.0. The predicted molar refractivity (Wildman–Crippen MR) is 150 cm³/mol. The number of aliphatic carboxylic acids is 2. The zero-order valence-corrected chi connectivity index (χ0v) is 23.3. The molecule has 0 saturated carbocycles. The van der Waals surface area contributed by atoms with Crippen LogP contribution >= 0.6 is 35.0 Å². The van der Waals surface area contributed by atoms with Crippen molar-refractivity contribution < 1.29 is 24.6 Å². The number of carboxylic acids is 2. The summed E-state index contributed by atoms with van der Waals surface area (Å²) in [6, 6.07) is 14.6. The molecular weight excluding hydrogens is 537 g/mol. The van der Waals surface area contributed by atoms with Crippen molar-refractivity contribution in [3.05, 3.63) is 64.1 Å². The smallest absolute Gasteiger partial charge is 0.352 e. The number of amides is 1. The lowest BCUT2D eigenvalue weighted by Crippen LogP contribution is -2.47. The van der Waals surface area contributed by atoms with Gasteiger partial charge >= 0.3 is 11.9 Å². The Hall–Kier alpha value is -2.75. The Labute approximate surface area is 231 Å². The number of benzene rings is 2. The second-order valence-corrected chi connectivity index (χ2v) is 10.3. The van der Waals surface area contributed by atoms with E-state index in [0.29, 0.717) is 5.02 Å². The van der Waals surface area contributed by atoms with Gasteiger partial charge in [0, 0.05) is 30.3 Å². The van der Waals surface area contributed by atoms with E-state index in [1.54, 1.807) is 0 Å². The van der Waals surface area contributed by atoms with Gasteiger partial charge in [-0.2, -0.15) is 5.10 Å². The SMILES string of the molecule is CC1(C(=O)O)CC(C(=O)O)=NN1c1ccc(Cl)cc1Cl.CCCN(CCC)C(=O)SCc1ccccc1. The Bertz CT molecular complexity index is 1130. The highest BCUT2D eigenvalue weighted by Gasteiger charge is 2.48. The van der Waals surface area contributed by atoms with Gasteiger partial charge in [0.1, 0.15) is 5.71 Å². The first-order valence-corrected chi connectivity index (χ1v) is 13.5. The maximum Gasteiger partial charge on any atom is 0.352 e. The highest BCUT2D eigenvalue weighted by molar-refractivity contribution is 8.12. The fourth-order valence-corrected chi connectivity index (χ4v) is 4.91. The summed E-state index contributed by atoms with van der Waals surface area (Å²) in [5.41, 5.74) is -0.248. The van der Waals surface area contributed by atoms with Crippen molar-refractivity contribution in [1.29, 1.82) is 0 Å². The van der Waals surface area contributed by atoms with Crippen molar-refractivity contribution in [2.45, 2.75) is 51.3 Å². The molecule has 0 spiro atoms. The van der Waals surface area contributed by atoms with Crippen molar-refractivity contribution in [2.24, 2.45) is 5.10 Å². The van der Waals surface area contributed by atoms with Gasteiger partial charge in [-0.1, -0.05) is 79.1 Å². The van der Waals surface area contributed by atoms with Crippen LogP contribution in [0.3, 0.4) is 0 Å². The monoisotopic (exact) mass is 567 g/mol. The van der Waals surface area contributed by atoms with Crippen LogP contribution in [0.4, 0.5) is 10.5 Å². The molecule has 1 unspecified atom stereocenters. The second-order valence-electron chi connectivity index (χ2n) is 8.54. The molecule has 1 heterocycles. The zero-order valence-electron chi connectivity index (χ0n) is 21.0. The number of carbonyl (C=O) groups excluding carboxylic acids is 1. The van der Waals surface area contributed by atoms with Crippen LogP contribution in [0.1, 0.15) is 45.6 Å². The standard InChI is InChI=1S/C14H21NOS.C12H10Cl2N2O4/c1-3-10-15(11-4-2)14(16)17-12-13-8-6-5-7-9-13;1-12(11(19)20)5-8(10(17)18)15-16(12)9-3-2-6(13)4-7(9)14/h5-9H,3-4,10-12H2,1-2H3;2-4H,5H2,1H3,(H,17,18)(H,19,20). The molecule has 200 valence electrons. The van der Waals surface area contributed by atoms with E-state index in [4.69, 9.17) is 28.3 Å². The first kappa shape index (κ1) is 30.5. The molecule has 0 aromatic heterocycles. The average molecular weight is 569 g/mol. The predicted octanol–water partition coefficient (Wildman–Crippen LogP) is 6.65. The number of rotatable bonds is 9. The van der Waals surface area contributed by atoms with Gasteiger partial charge < -0.3 is 15.1 Å². The highest BCUT2D eigenvalue weighted by atomic mass is 35.5. The molecule has 2 N–H and O–H groups in total. The molecule has 1 amide bonds. The van der Waals surface area contributed by atoms with Crippen molar-refractivity contribution >= 4 is 63.5 Å². The number of carbonyl (C=O) groups is 3. The number of nitrogens with zero attached hydrogens (tertiary/aromatic N) is 3. The molecule has 0 fully saturated rings. The third-order valence-corrected chi connectivity index (χ3v) is 7.02. The number of hydrazone groups is 1. The molecule has 37 heavy (non-hydrogen) atoms. The summed E-state index contributed by atoms with van der Waals surface area (Å²) in [5.74, 6) is -1.68. The van der Waals surface area contributed by atoms with Crippen molar-refractivity contribution in [2.75, 3.05) is 18.1 Å². The Morgan fingerprint density at radius 2 is 1.68 bits per heavy atom. The minimum atomic E-state index is -1.51. The molecule has 2 aromatic rings. The van der Waals surface area contributed by atoms with Crippen LogP contribution in [-0.2, 0) is 15.3 Å². The summed E-state index contributed by atoms with van der Waals surface area (Å²) >= 11 is 13.2. The van der Waals surface area contributed by atoms with E-state index in [1.807, 2.05) is 23.1 Å². The van der Waals surface area contributed by atoms with Crippen molar-refractivity contribution in [3.63, 3.8) is 0 Å². The molecule has 11 heteroatoms. The summed E-state index contributed by atoms with van der Waals surface area (Å²) in [6.07, 6.45) is 1.83. The zero-order chi connectivity index (χ0) is 27.6. The fourth-order valence-electron chi connectivity index (χ4n) is 3.57. The Kier molecular flexibility index (Phi) is 11.7. The molecule has 0 aliphatic carbocycles. The fraction of sp³-hybridized carbons (Fsp3) is 0.385. The van der Waals surface area contributed by atoms with Gasteiger partial charge in [-0.05, 0) is 43.5 Å². The van der Waals surface area contributed by atoms with E-state index in [1.165, 1.54) is 42.4 Å². The maximum atomic E-state index is 12.0. The second kappa shape index (κ2) is 14.3. The first-order valence-electron chi connectivity index (χ1n) is 11.8. The van der Waals surface area contributed by atoms with E-state index in [0.717, 1.165) is 36.7 Å². The number of hydrogen-bond acceptors (Lipinski definition) is 6. The molecular formula is C26H31Cl2N3O5S. The van der Waals surface area contributed by atoms with Crippen molar-refractivity contribution in [1.82, 2.24) is 4.90 Å². The van der Waals surface area contributed by atoms with Gasteiger partial charge in [-0.25, -0.2) is 14.6 Å². The first-order chi connectivity index (χ1) is 17.5. The van der Waals surface area contributed by atoms with Gasteiger partial charge in [0.15, 0.2) is 5.54 Å². The van der Waals surface area contributed by atoms with Crippen LogP contribution in [0.2, 0.25) is 10.0 Å². The Morgan fingerprint density at radius 3 is 2.19 bits per heavy atom. The highest BCUT2D eigenvalue weighted by Crippen LogP contribution is 2.38. The Morgan fingerprint density at radius 1 is 1.05 bits per heavy atom. The normalized spacial score (nSPS) is 16.5. The number of hydrogen-bond donors (Lipinski definition) is 2. The molecule has 1 aliphatic heterocycles. The summed E-state index contributed by atoms with van der Waals surface area (Å²) in [7, 11) is 0. The minimum absolute atomic E-state index is 0.195. The van der Waals surface area contributed by atoms with Crippen LogP contribution < -0.4 is 5.01 Å². The molecule has 0 radical (unpaired) electrons. The van der Waals surface area contributed by atoms with Crippen LogP contribution in [0.15, 0.2) is 53.6 Å². The topological polar surface area (TPSA) is 111 Å².